The molecule has 3 saturated carbocycles. The van der Waals surface area contributed by atoms with Crippen LogP contribution in [0.3, 0.4) is 0 Å². The van der Waals surface area contributed by atoms with Crippen molar-refractivity contribution >= 4 is 11.3 Å². The zero-order chi connectivity index (χ0) is 28.1. The monoisotopic (exact) mass is 582 g/mol. The van der Waals surface area contributed by atoms with Crippen molar-refractivity contribution in [2.75, 3.05) is 52.5 Å². The van der Waals surface area contributed by atoms with Gasteiger partial charge in [0.1, 0.15) is 5.60 Å². The lowest BCUT2D eigenvalue weighted by Gasteiger charge is -2.63. The van der Waals surface area contributed by atoms with Gasteiger partial charge in [-0.1, -0.05) is 25.5 Å². The molecule has 6 aliphatic rings. The van der Waals surface area contributed by atoms with Gasteiger partial charge in [-0.05, 0) is 143 Å². The van der Waals surface area contributed by atoms with E-state index in [-0.39, 0.29) is 22.5 Å². The first-order valence-electron chi connectivity index (χ1n) is 17.0. The number of hydrogen-bond acceptors (Lipinski definition) is 6. The molecule has 1 N–H and O–H groups in total. The van der Waals surface area contributed by atoms with Crippen LogP contribution in [0.4, 0.5) is 0 Å². The van der Waals surface area contributed by atoms with Crippen LogP contribution in [0.1, 0.15) is 96.5 Å². The Balaban J connectivity index is 1.09. The number of thiophene rings is 1. The Bertz CT molecular complexity index is 1080. The summed E-state index contributed by atoms with van der Waals surface area (Å²) in [5.41, 5.74) is 1.81. The molecule has 0 unspecified atom stereocenters. The molecule has 1 aromatic rings. The first kappa shape index (κ1) is 29.0. The number of allylic oxidation sites excluding steroid dienone is 1. The highest BCUT2D eigenvalue weighted by Gasteiger charge is 2.72. The number of hydrogen-bond donors (Lipinski definition) is 1. The molecule has 2 saturated heterocycles. The van der Waals surface area contributed by atoms with Gasteiger partial charge in [-0.2, -0.15) is 11.3 Å². The summed E-state index contributed by atoms with van der Waals surface area (Å²) in [6.07, 6.45) is 16.7. The van der Waals surface area contributed by atoms with Crippen molar-refractivity contribution in [3.63, 3.8) is 0 Å². The minimum Gasteiger partial charge on any atom is -0.389 e. The van der Waals surface area contributed by atoms with Crippen molar-refractivity contribution in [3.8, 4) is 0 Å². The predicted octanol–water partition coefficient (Wildman–Crippen LogP) is 6.61. The van der Waals surface area contributed by atoms with E-state index in [1.807, 2.05) is 0 Å². The van der Waals surface area contributed by atoms with E-state index in [1.165, 1.54) is 70.3 Å². The maximum absolute atomic E-state index is 13.0. The van der Waals surface area contributed by atoms with E-state index < -0.39 is 5.60 Å². The number of rotatable bonds is 9. The van der Waals surface area contributed by atoms with Crippen molar-refractivity contribution in [2.24, 2.45) is 22.7 Å². The first-order valence-corrected chi connectivity index (χ1v) is 18.0. The van der Waals surface area contributed by atoms with Crippen molar-refractivity contribution in [1.29, 1.82) is 0 Å². The Morgan fingerprint density at radius 3 is 2.32 bits per heavy atom. The molecule has 228 valence electrons. The molecule has 0 radical (unpaired) electrons. The van der Waals surface area contributed by atoms with Gasteiger partial charge in [0.15, 0.2) is 0 Å². The summed E-state index contributed by atoms with van der Waals surface area (Å²) in [7, 11) is 0. The molecule has 2 aliphatic heterocycles. The molecule has 3 heterocycles. The second kappa shape index (κ2) is 11.3. The molecular weight excluding hydrogens is 528 g/mol. The van der Waals surface area contributed by atoms with Crippen molar-refractivity contribution in [3.05, 3.63) is 34.0 Å². The van der Waals surface area contributed by atoms with Gasteiger partial charge in [-0.15, -0.1) is 0 Å². The Morgan fingerprint density at radius 2 is 1.61 bits per heavy atom. The van der Waals surface area contributed by atoms with Crippen LogP contribution < -0.4 is 0 Å². The summed E-state index contributed by atoms with van der Waals surface area (Å²) in [4.78, 5) is 5.11. The minimum atomic E-state index is -0.677. The van der Waals surface area contributed by atoms with E-state index in [0.29, 0.717) is 11.8 Å². The Kier molecular flexibility index (Phi) is 7.99. The normalized spacial score (nSPS) is 43.1. The maximum Gasteiger partial charge on any atom is 0.102 e. The molecule has 41 heavy (non-hydrogen) atoms. The van der Waals surface area contributed by atoms with Gasteiger partial charge in [-0.25, -0.2) is 0 Å². The molecule has 7 rings (SSSR count). The molecule has 5 nitrogen and oxygen atoms in total. The van der Waals surface area contributed by atoms with Gasteiger partial charge in [-0.3, -0.25) is 0 Å². The second-order valence-electron chi connectivity index (χ2n) is 14.9. The van der Waals surface area contributed by atoms with Crippen LogP contribution in [-0.2, 0) is 15.1 Å². The molecular formula is C35H54N2O3S. The Morgan fingerprint density at radius 1 is 0.878 bits per heavy atom. The molecule has 5 fully saturated rings. The van der Waals surface area contributed by atoms with Crippen molar-refractivity contribution < 1.29 is 14.6 Å². The number of ether oxygens (including phenoxy) is 2. The lowest BCUT2D eigenvalue weighted by atomic mass is 9.44. The zero-order valence-corrected chi connectivity index (χ0v) is 26.6. The van der Waals surface area contributed by atoms with Crippen LogP contribution in [0.25, 0.3) is 0 Å². The number of likely N-dealkylation sites (tertiary alicyclic amines) is 2. The minimum absolute atomic E-state index is 0.193. The smallest absolute Gasteiger partial charge is 0.102 e. The van der Waals surface area contributed by atoms with Crippen LogP contribution in [0.2, 0.25) is 0 Å². The van der Waals surface area contributed by atoms with Gasteiger partial charge in [0.25, 0.3) is 0 Å². The van der Waals surface area contributed by atoms with Crippen molar-refractivity contribution in [2.45, 2.75) is 108 Å². The van der Waals surface area contributed by atoms with Crippen LogP contribution in [-0.4, -0.2) is 79.1 Å². The van der Waals surface area contributed by atoms with E-state index in [1.54, 1.807) is 16.9 Å². The van der Waals surface area contributed by atoms with Gasteiger partial charge in [0.05, 0.1) is 24.9 Å². The molecule has 0 spiro atoms. The molecule has 0 bridgehead atoms. The second-order valence-corrected chi connectivity index (χ2v) is 15.7. The van der Waals surface area contributed by atoms with E-state index in [4.69, 9.17) is 9.47 Å². The number of nitrogens with zero attached hydrogens (tertiary/aromatic N) is 2. The van der Waals surface area contributed by atoms with Crippen LogP contribution in [0, 0.1) is 22.7 Å². The summed E-state index contributed by atoms with van der Waals surface area (Å²) < 4.78 is 13.5. The summed E-state index contributed by atoms with van der Waals surface area (Å²) >= 11 is 1.78. The van der Waals surface area contributed by atoms with Gasteiger partial charge < -0.3 is 24.4 Å². The highest BCUT2D eigenvalue weighted by atomic mass is 32.1. The molecule has 0 aromatic carbocycles. The lowest BCUT2D eigenvalue weighted by Crippen LogP contribution is -2.64. The summed E-state index contributed by atoms with van der Waals surface area (Å²) in [6.45, 7) is 13.6. The van der Waals surface area contributed by atoms with E-state index in [0.717, 1.165) is 64.8 Å². The fourth-order valence-corrected chi connectivity index (χ4v) is 11.5. The lowest BCUT2D eigenvalue weighted by molar-refractivity contribution is -0.235. The standard InChI is InChI=1S/C35H54N2O3S/c1-32-12-9-29(39-22-20-36-16-3-4-17-36)25-27(32)7-8-31-30(32)10-13-33(2)34(31,38)14-15-35(33,28-11-24-41-26-28)40-23-21-37-18-5-6-19-37/h11,24-26,29-31,38H,3-10,12-23H2,1-2H3/t29-,30-,31+,32-,33-,34-,35+/m0/s1. The topological polar surface area (TPSA) is 45.2 Å². The third kappa shape index (κ3) is 4.73. The first-order chi connectivity index (χ1) is 19.9. The molecule has 7 atom stereocenters. The van der Waals surface area contributed by atoms with Crippen LogP contribution in [0.15, 0.2) is 28.5 Å². The largest absolute Gasteiger partial charge is 0.389 e. The highest BCUT2D eigenvalue weighted by molar-refractivity contribution is 7.08. The maximum atomic E-state index is 13.0. The zero-order valence-electron chi connectivity index (χ0n) is 25.7. The third-order valence-electron chi connectivity index (χ3n) is 13.3. The van der Waals surface area contributed by atoms with E-state index >= 15 is 0 Å². The predicted molar refractivity (Wildman–Crippen MR) is 166 cm³/mol. The summed E-state index contributed by atoms with van der Waals surface area (Å²) in [6, 6.07) is 2.29. The molecule has 1 aromatic heterocycles. The fraction of sp³-hybridized carbons (Fsp3) is 0.829. The highest BCUT2D eigenvalue weighted by Crippen LogP contribution is 2.72. The van der Waals surface area contributed by atoms with E-state index in [2.05, 4.69) is 46.5 Å². The average Bonchev–Trinajstić information content (AvgIpc) is 3.79. The average molecular weight is 583 g/mol. The molecule has 0 amide bonds. The number of fused-ring (bicyclic) bond motifs is 5. The summed E-state index contributed by atoms with van der Waals surface area (Å²) in [5, 5.41) is 17.5. The van der Waals surface area contributed by atoms with Crippen molar-refractivity contribution in [1.82, 2.24) is 9.80 Å². The Hall–Kier alpha value is -0.760. The molecule has 4 aliphatic carbocycles. The number of aliphatic hydroxyl groups is 1. The fourth-order valence-electron chi connectivity index (χ4n) is 10.8. The molecule has 6 heteroatoms. The quantitative estimate of drug-likeness (QED) is 0.332. The van der Waals surface area contributed by atoms with E-state index in [9.17, 15) is 5.11 Å². The summed E-state index contributed by atoms with van der Waals surface area (Å²) in [5.74, 6) is 0.896. The van der Waals surface area contributed by atoms with Crippen LogP contribution in [0.5, 0.6) is 0 Å². The van der Waals surface area contributed by atoms with Gasteiger partial charge >= 0.3 is 0 Å². The Labute approximate surface area is 252 Å². The van der Waals surface area contributed by atoms with Gasteiger partial charge in [0, 0.05) is 18.5 Å². The van der Waals surface area contributed by atoms with Gasteiger partial charge in [0.2, 0.25) is 0 Å². The SMILES string of the molecule is C[C@]12CC[C@H]3[C@@H](CCC4=C[C@@H](OCCN5CCCC5)CC[C@@]43C)[C@@]1(O)CC[C@@]2(OCCN1CCCC1)c1ccsc1. The third-order valence-corrected chi connectivity index (χ3v) is 13.9. The van der Waals surface area contributed by atoms with Crippen LogP contribution >= 0.6 is 11.3 Å².